The molecule has 0 radical (unpaired) electrons. The number of carbonyl (C=O) groups excluding carboxylic acids is 1. The Kier molecular flexibility index (Phi) is 3.77. The molecule has 4 aromatic rings. The number of phenols is 1. The molecule has 29 heavy (non-hydrogen) atoms. The Hall–Kier alpha value is -3.87. The van der Waals surface area contributed by atoms with Crippen molar-refractivity contribution in [3.8, 4) is 22.8 Å². The van der Waals surface area contributed by atoms with E-state index in [0.29, 0.717) is 11.3 Å². The van der Waals surface area contributed by atoms with Crippen molar-refractivity contribution in [2.45, 2.75) is 12.3 Å². The third-order valence-electron chi connectivity index (χ3n) is 5.11. The van der Waals surface area contributed by atoms with E-state index >= 15 is 0 Å². The van der Waals surface area contributed by atoms with Crippen LogP contribution in [0, 0.1) is 0 Å². The van der Waals surface area contributed by atoms with Gasteiger partial charge in [0.05, 0.1) is 12.6 Å². The minimum absolute atomic E-state index is 0.0651. The molecule has 2 aromatic carbocycles. The molecule has 0 amide bonds. The molecule has 1 aliphatic rings. The van der Waals surface area contributed by atoms with Gasteiger partial charge in [-0.05, 0) is 5.56 Å². The number of ether oxygens (including phenoxy) is 1. The fraction of sp³-hybridized carbons (Fsp3) is 0.136. The number of aromatic hydroxyl groups is 1. The zero-order chi connectivity index (χ0) is 20.1. The number of carbonyl (C=O) groups is 1. The molecule has 1 N–H and O–H groups in total. The van der Waals surface area contributed by atoms with E-state index < -0.39 is 11.9 Å². The minimum Gasteiger partial charge on any atom is -0.507 e. The van der Waals surface area contributed by atoms with E-state index in [1.54, 1.807) is 17.9 Å². The van der Waals surface area contributed by atoms with Crippen LogP contribution in [-0.2, 0) is 11.8 Å². The van der Waals surface area contributed by atoms with Crippen LogP contribution >= 0.6 is 0 Å². The van der Waals surface area contributed by atoms with Gasteiger partial charge in [0, 0.05) is 42.4 Å². The van der Waals surface area contributed by atoms with E-state index in [-0.39, 0.29) is 34.3 Å². The SMILES string of the molecule is Cn1cc([C@H]2CC(=O)Oc3cc(O)c4c(=O)cc(-c5ccccc5)oc4c32)cn1. The summed E-state index contributed by atoms with van der Waals surface area (Å²) in [7, 11) is 1.79. The molecule has 1 aliphatic heterocycles. The van der Waals surface area contributed by atoms with Crippen LogP contribution in [0.25, 0.3) is 22.3 Å². The van der Waals surface area contributed by atoms with Crippen molar-refractivity contribution in [3.05, 3.63) is 76.2 Å². The maximum atomic E-state index is 12.8. The smallest absolute Gasteiger partial charge is 0.312 e. The third kappa shape index (κ3) is 2.79. The first-order valence-electron chi connectivity index (χ1n) is 9.09. The van der Waals surface area contributed by atoms with E-state index in [9.17, 15) is 14.7 Å². The lowest BCUT2D eigenvalue weighted by Gasteiger charge is -2.25. The fourth-order valence-electron chi connectivity index (χ4n) is 3.81. The summed E-state index contributed by atoms with van der Waals surface area (Å²) in [6.45, 7) is 0. The second kappa shape index (κ2) is 6.34. The van der Waals surface area contributed by atoms with Gasteiger partial charge in [-0.25, -0.2) is 0 Å². The van der Waals surface area contributed by atoms with E-state index in [0.717, 1.165) is 11.1 Å². The predicted molar refractivity (Wildman–Crippen MR) is 105 cm³/mol. The number of aryl methyl sites for hydroxylation is 1. The largest absolute Gasteiger partial charge is 0.507 e. The zero-order valence-corrected chi connectivity index (χ0v) is 15.5. The molecule has 7 nitrogen and oxygen atoms in total. The van der Waals surface area contributed by atoms with Gasteiger partial charge in [-0.2, -0.15) is 5.10 Å². The van der Waals surface area contributed by atoms with Crippen molar-refractivity contribution >= 4 is 16.9 Å². The Labute approximate surface area is 164 Å². The Bertz CT molecular complexity index is 1320. The molecule has 7 heteroatoms. The van der Waals surface area contributed by atoms with Gasteiger partial charge in [-0.15, -0.1) is 0 Å². The molecule has 1 atom stereocenters. The maximum absolute atomic E-state index is 12.8. The lowest BCUT2D eigenvalue weighted by molar-refractivity contribution is -0.135. The number of benzene rings is 2. The Morgan fingerprint density at radius 3 is 2.69 bits per heavy atom. The van der Waals surface area contributed by atoms with Gasteiger partial charge in [-0.3, -0.25) is 14.3 Å². The molecule has 0 saturated carbocycles. The van der Waals surface area contributed by atoms with Crippen LogP contribution in [0.4, 0.5) is 0 Å². The molecular formula is C22H16N2O5. The molecule has 5 rings (SSSR count). The summed E-state index contributed by atoms with van der Waals surface area (Å²) in [5, 5.41) is 14.7. The molecule has 0 unspecified atom stereocenters. The number of aromatic nitrogens is 2. The molecule has 144 valence electrons. The van der Waals surface area contributed by atoms with E-state index in [2.05, 4.69) is 5.10 Å². The van der Waals surface area contributed by atoms with Crippen LogP contribution in [0.15, 0.2) is 64.1 Å². The normalized spacial score (nSPS) is 15.9. The van der Waals surface area contributed by atoms with Crippen LogP contribution in [0.3, 0.4) is 0 Å². The lowest BCUT2D eigenvalue weighted by atomic mass is 9.86. The van der Waals surface area contributed by atoms with Gasteiger partial charge in [0.25, 0.3) is 0 Å². The predicted octanol–water partition coefficient (Wildman–Crippen LogP) is 3.34. The van der Waals surface area contributed by atoms with Crippen molar-refractivity contribution in [3.63, 3.8) is 0 Å². The average Bonchev–Trinajstić information content (AvgIpc) is 3.13. The van der Waals surface area contributed by atoms with Crippen molar-refractivity contribution in [1.29, 1.82) is 0 Å². The summed E-state index contributed by atoms with van der Waals surface area (Å²) < 4.78 is 13.1. The first kappa shape index (κ1) is 17.2. The second-order valence-electron chi connectivity index (χ2n) is 7.03. The summed E-state index contributed by atoms with van der Waals surface area (Å²) in [5.74, 6) is -0.554. The molecule has 0 aliphatic carbocycles. The second-order valence-corrected chi connectivity index (χ2v) is 7.03. The highest BCUT2D eigenvalue weighted by atomic mass is 16.5. The first-order valence-corrected chi connectivity index (χ1v) is 9.09. The van der Waals surface area contributed by atoms with Crippen molar-refractivity contribution in [2.24, 2.45) is 7.05 Å². The number of phenolic OH excluding ortho intramolecular Hbond substituents is 1. The summed E-state index contributed by atoms with van der Waals surface area (Å²) >= 11 is 0. The molecule has 0 saturated heterocycles. The standard InChI is InChI=1S/C22H16N2O5/c1-24-11-13(10-23-24)14-7-19(27)28-18-9-16(26)21-15(25)8-17(29-22(21)20(14)18)12-5-3-2-4-6-12/h2-6,8-11,14,26H,7H2,1H3/t14-/m1/s1. The highest BCUT2D eigenvalue weighted by molar-refractivity contribution is 5.93. The van der Waals surface area contributed by atoms with Crippen LogP contribution in [0.5, 0.6) is 11.5 Å². The quantitative estimate of drug-likeness (QED) is 0.418. The van der Waals surface area contributed by atoms with Gasteiger partial charge in [0.15, 0.2) is 5.43 Å². The zero-order valence-electron chi connectivity index (χ0n) is 15.5. The van der Waals surface area contributed by atoms with E-state index in [4.69, 9.17) is 9.15 Å². The maximum Gasteiger partial charge on any atom is 0.312 e. The first-order chi connectivity index (χ1) is 14.0. The number of rotatable bonds is 2. The summed E-state index contributed by atoms with van der Waals surface area (Å²) in [5.41, 5.74) is 1.93. The molecule has 0 fully saturated rings. The Balaban J connectivity index is 1.84. The Morgan fingerprint density at radius 2 is 1.97 bits per heavy atom. The average molecular weight is 388 g/mol. The van der Waals surface area contributed by atoms with Gasteiger partial charge in [-0.1, -0.05) is 30.3 Å². The molecule has 2 aromatic heterocycles. The minimum atomic E-state index is -0.424. The number of fused-ring (bicyclic) bond motifs is 3. The number of hydrogen-bond acceptors (Lipinski definition) is 6. The highest BCUT2D eigenvalue weighted by Crippen LogP contribution is 2.45. The van der Waals surface area contributed by atoms with Crippen LogP contribution < -0.4 is 10.2 Å². The molecule has 0 bridgehead atoms. The number of hydrogen-bond donors (Lipinski definition) is 1. The number of esters is 1. The molecule has 0 spiro atoms. The van der Waals surface area contributed by atoms with E-state index in [1.807, 2.05) is 36.5 Å². The van der Waals surface area contributed by atoms with Gasteiger partial charge >= 0.3 is 5.97 Å². The lowest BCUT2D eigenvalue weighted by Crippen LogP contribution is -2.21. The Morgan fingerprint density at radius 1 is 1.17 bits per heavy atom. The summed E-state index contributed by atoms with van der Waals surface area (Å²) in [6, 6.07) is 11.9. The molecule has 3 heterocycles. The van der Waals surface area contributed by atoms with Crippen molar-refractivity contribution in [1.82, 2.24) is 9.78 Å². The topological polar surface area (TPSA) is 94.6 Å². The number of nitrogens with zero attached hydrogens (tertiary/aromatic N) is 2. The van der Waals surface area contributed by atoms with Crippen LogP contribution in [-0.4, -0.2) is 20.9 Å². The highest BCUT2D eigenvalue weighted by Gasteiger charge is 2.34. The van der Waals surface area contributed by atoms with Gasteiger partial charge in [0.1, 0.15) is 28.2 Å². The molecular weight excluding hydrogens is 372 g/mol. The fourth-order valence-corrected chi connectivity index (χ4v) is 3.81. The van der Waals surface area contributed by atoms with E-state index in [1.165, 1.54) is 12.1 Å². The van der Waals surface area contributed by atoms with Gasteiger partial charge in [0.2, 0.25) is 0 Å². The van der Waals surface area contributed by atoms with Crippen LogP contribution in [0.1, 0.15) is 23.5 Å². The monoisotopic (exact) mass is 388 g/mol. The van der Waals surface area contributed by atoms with Crippen molar-refractivity contribution < 1.29 is 19.1 Å². The summed E-state index contributed by atoms with van der Waals surface area (Å²) in [4.78, 5) is 25.0. The third-order valence-corrected chi connectivity index (χ3v) is 5.11. The summed E-state index contributed by atoms with van der Waals surface area (Å²) in [6.07, 6.45) is 3.56. The van der Waals surface area contributed by atoms with Crippen molar-refractivity contribution in [2.75, 3.05) is 0 Å². The van der Waals surface area contributed by atoms with Crippen LogP contribution in [0.2, 0.25) is 0 Å². The van der Waals surface area contributed by atoms with Gasteiger partial charge < -0.3 is 14.3 Å².